The molecule has 1 aromatic carbocycles. The number of hydrogen-bond acceptors (Lipinski definition) is 3. The van der Waals surface area contributed by atoms with Crippen LogP contribution in [0.4, 0.5) is 5.69 Å². The Hall–Kier alpha value is -2.01. The number of aryl methyl sites for hydroxylation is 1. The molecule has 0 radical (unpaired) electrons. The van der Waals surface area contributed by atoms with Crippen LogP contribution in [0.5, 0.6) is 0 Å². The number of nitrogens with one attached hydrogen (secondary N) is 2. The molecule has 2 N–H and O–H groups in total. The van der Waals surface area contributed by atoms with E-state index in [4.69, 9.17) is 4.99 Å². The maximum atomic E-state index is 4.83. The monoisotopic (exact) mass is 371 g/mol. The van der Waals surface area contributed by atoms with Crippen LogP contribution in [0.15, 0.2) is 35.3 Å². The number of piperidine rings is 1. The van der Waals surface area contributed by atoms with E-state index in [-0.39, 0.29) is 0 Å². The molecule has 1 aliphatic rings. The molecule has 1 aliphatic heterocycles. The van der Waals surface area contributed by atoms with Crippen molar-refractivity contribution in [2.75, 3.05) is 45.2 Å². The first-order valence-corrected chi connectivity index (χ1v) is 10.1. The zero-order valence-electron chi connectivity index (χ0n) is 17.8. The van der Waals surface area contributed by atoms with Gasteiger partial charge in [-0.2, -0.15) is 0 Å². The maximum absolute atomic E-state index is 4.83. The zero-order chi connectivity index (χ0) is 19.8. The average Bonchev–Trinajstić information content (AvgIpc) is 2.61. The van der Waals surface area contributed by atoms with Gasteiger partial charge in [0.25, 0.3) is 0 Å². The summed E-state index contributed by atoms with van der Waals surface area (Å²) in [5.74, 6) is 0.923. The minimum absolute atomic E-state index is 0.487. The van der Waals surface area contributed by atoms with E-state index in [1.807, 2.05) is 0 Å². The van der Waals surface area contributed by atoms with Crippen LogP contribution >= 0.6 is 0 Å². The van der Waals surface area contributed by atoms with E-state index >= 15 is 0 Å². The Kier molecular flexibility index (Phi) is 8.17. The molecule has 0 unspecified atom stereocenters. The second-order valence-electron chi connectivity index (χ2n) is 7.85. The fourth-order valence-corrected chi connectivity index (χ4v) is 3.43. The first kappa shape index (κ1) is 21.3. The van der Waals surface area contributed by atoms with Crippen molar-refractivity contribution < 1.29 is 0 Å². The minimum atomic E-state index is 0.487. The number of hydrogen-bond donors (Lipinski definition) is 2. The van der Waals surface area contributed by atoms with E-state index in [2.05, 4.69) is 80.1 Å². The van der Waals surface area contributed by atoms with Crippen molar-refractivity contribution >= 4 is 11.6 Å². The second kappa shape index (κ2) is 10.4. The van der Waals surface area contributed by atoms with Crippen molar-refractivity contribution in [2.45, 2.75) is 46.2 Å². The van der Waals surface area contributed by atoms with Gasteiger partial charge >= 0.3 is 0 Å². The van der Waals surface area contributed by atoms with E-state index in [9.17, 15) is 0 Å². The molecule has 2 rings (SSSR count). The van der Waals surface area contributed by atoms with E-state index in [0.717, 1.165) is 45.0 Å². The number of rotatable bonds is 7. The highest BCUT2D eigenvalue weighted by Gasteiger charge is 2.19. The highest BCUT2D eigenvalue weighted by atomic mass is 15.2. The van der Waals surface area contributed by atoms with Crippen molar-refractivity contribution in [3.8, 4) is 0 Å². The van der Waals surface area contributed by atoms with Gasteiger partial charge in [0, 0.05) is 52.0 Å². The average molecular weight is 372 g/mol. The summed E-state index contributed by atoms with van der Waals surface area (Å²) in [6.45, 7) is 15.2. The first-order valence-electron chi connectivity index (χ1n) is 10.1. The fraction of sp³-hybridized carbons (Fsp3) is 0.591. The van der Waals surface area contributed by atoms with Gasteiger partial charge in [0.1, 0.15) is 0 Å². The molecular formula is C22H37N5. The van der Waals surface area contributed by atoms with Crippen LogP contribution in [0, 0.1) is 6.92 Å². The quantitative estimate of drug-likeness (QED) is 0.439. The Morgan fingerprint density at radius 2 is 2.00 bits per heavy atom. The van der Waals surface area contributed by atoms with Crippen LogP contribution in [-0.2, 0) is 6.54 Å². The van der Waals surface area contributed by atoms with Crippen molar-refractivity contribution in [1.82, 2.24) is 15.5 Å². The van der Waals surface area contributed by atoms with Gasteiger partial charge in [-0.1, -0.05) is 18.2 Å². The molecule has 5 heteroatoms. The smallest absolute Gasteiger partial charge is 0.191 e. The predicted molar refractivity (Wildman–Crippen MR) is 118 cm³/mol. The van der Waals surface area contributed by atoms with Crippen molar-refractivity contribution in [2.24, 2.45) is 4.99 Å². The molecule has 1 heterocycles. The van der Waals surface area contributed by atoms with Gasteiger partial charge in [0.15, 0.2) is 5.96 Å². The molecule has 27 heavy (non-hydrogen) atoms. The van der Waals surface area contributed by atoms with Gasteiger partial charge < -0.3 is 15.5 Å². The number of aliphatic imine (C=N–C) groups is 1. The molecule has 0 bridgehead atoms. The highest BCUT2D eigenvalue weighted by Crippen LogP contribution is 2.18. The van der Waals surface area contributed by atoms with Gasteiger partial charge in [0.2, 0.25) is 0 Å². The zero-order valence-corrected chi connectivity index (χ0v) is 17.8. The third kappa shape index (κ3) is 6.90. The molecule has 0 spiro atoms. The van der Waals surface area contributed by atoms with Crippen LogP contribution < -0.4 is 15.5 Å². The Bertz CT molecular complexity index is 642. The Morgan fingerprint density at radius 3 is 2.56 bits per heavy atom. The summed E-state index contributed by atoms with van der Waals surface area (Å²) in [6, 6.07) is 7.06. The van der Waals surface area contributed by atoms with Crippen LogP contribution in [0.1, 0.15) is 37.8 Å². The van der Waals surface area contributed by atoms with Gasteiger partial charge in [-0.05, 0) is 56.9 Å². The van der Waals surface area contributed by atoms with Crippen molar-refractivity contribution in [3.63, 3.8) is 0 Å². The minimum Gasteiger partial charge on any atom is -0.378 e. The van der Waals surface area contributed by atoms with Gasteiger partial charge in [-0.25, -0.2) is 4.99 Å². The molecule has 150 valence electrons. The largest absolute Gasteiger partial charge is 0.378 e. The number of anilines is 1. The van der Waals surface area contributed by atoms with Gasteiger partial charge in [0.05, 0.1) is 6.54 Å². The summed E-state index contributed by atoms with van der Waals surface area (Å²) in [6.07, 6.45) is 2.29. The summed E-state index contributed by atoms with van der Waals surface area (Å²) in [4.78, 5) is 9.45. The molecule has 0 saturated carbocycles. The lowest BCUT2D eigenvalue weighted by molar-refractivity contribution is 0.221. The SMILES string of the molecule is C=C(C)CN1CCC(NC(=NCc2ccc(N(C)C)cc2C)NCC)CC1. The van der Waals surface area contributed by atoms with Crippen molar-refractivity contribution in [1.29, 1.82) is 0 Å². The Balaban J connectivity index is 1.94. The molecule has 0 amide bonds. The Morgan fingerprint density at radius 1 is 1.30 bits per heavy atom. The first-order chi connectivity index (χ1) is 12.9. The fourth-order valence-electron chi connectivity index (χ4n) is 3.43. The second-order valence-corrected chi connectivity index (χ2v) is 7.85. The molecule has 0 aliphatic carbocycles. The van der Waals surface area contributed by atoms with Crippen LogP contribution in [0.25, 0.3) is 0 Å². The van der Waals surface area contributed by atoms with E-state index < -0.39 is 0 Å². The third-order valence-corrected chi connectivity index (χ3v) is 5.02. The summed E-state index contributed by atoms with van der Waals surface area (Å²) in [5.41, 5.74) is 5.03. The maximum Gasteiger partial charge on any atom is 0.191 e. The highest BCUT2D eigenvalue weighted by molar-refractivity contribution is 5.80. The van der Waals surface area contributed by atoms with Crippen molar-refractivity contribution in [3.05, 3.63) is 41.5 Å². The number of likely N-dealkylation sites (tertiary alicyclic amines) is 1. The number of guanidine groups is 1. The summed E-state index contributed by atoms with van der Waals surface area (Å²) < 4.78 is 0. The standard InChI is InChI=1S/C22H37N5/c1-7-23-22(25-20-10-12-27(13-11-20)16-17(2)3)24-15-19-8-9-21(26(5)6)14-18(19)4/h8-9,14,20H,2,7,10-13,15-16H2,1,3-6H3,(H2,23,24,25). The normalized spacial score (nSPS) is 16.3. The van der Waals surface area contributed by atoms with Gasteiger partial charge in [-0.15, -0.1) is 0 Å². The molecule has 0 aromatic heterocycles. The van der Waals surface area contributed by atoms with Gasteiger partial charge in [-0.3, -0.25) is 4.90 Å². The number of nitrogens with zero attached hydrogens (tertiary/aromatic N) is 3. The van der Waals surface area contributed by atoms with E-state index in [0.29, 0.717) is 12.6 Å². The van der Waals surface area contributed by atoms with E-state index in [1.165, 1.54) is 22.4 Å². The summed E-state index contributed by atoms with van der Waals surface area (Å²) in [5, 5.41) is 7.03. The third-order valence-electron chi connectivity index (χ3n) is 5.02. The molecule has 5 nitrogen and oxygen atoms in total. The predicted octanol–water partition coefficient (Wildman–Crippen LogP) is 3.16. The van der Waals surface area contributed by atoms with E-state index in [1.54, 1.807) is 0 Å². The molecule has 0 atom stereocenters. The van der Waals surface area contributed by atoms with Crippen LogP contribution in [0.3, 0.4) is 0 Å². The lowest BCUT2D eigenvalue weighted by Crippen LogP contribution is -2.48. The molecule has 1 saturated heterocycles. The topological polar surface area (TPSA) is 42.9 Å². The molecule has 1 aromatic rings. The number of benzene rings is 1. The summed E-state index contributed by atoms with van der Waals surface area (Å²) >= 11 is 0. The van der Waals surface area contributed by atoms with Crippen LogP contribution in [0.2, 0.25) is 0 Å². The Labute approximate surface area is 165 Å². The lowest BCUT2D eigenvalue weighted by atomic mass is 10.0. The van der Waals surface area contributed by atoms with Crippen LogP contribution in [-0.4, -0.2) is 57.2 Å². The molecule has 1 fully saturated rings. The summed E-state index contributed by atoms with van der Waals surface area (Å²) in [7, 11) is 4.14. The molecular weight excluding hydrogens is 334 g/mol. The lowest BCUT2D eigenvalue weighted by Gasteiger charge is -2.33.